The van der Waals surface area contributed by atoms with Gasteiger partial charge in [-0.05, 0) is 60.7 Å². The zero-order valence-corrected chi connectivity index (χ0v) is 14.1. The largest absolute Gasteiger partial charge is 0.441 e. The third kappa shape index (κ3) is 1.80. The third-order valence-corrected chi connectivity index (χ3v) is 4.91. The Morgan fingerprint density at radius 2 is 1.62 bits per heavy atom. The highest BCUT2D eigenvalue weighted by molar-refractivity contribution is 6.12. The molecular formula is C20H18O4. The summed E-state index contributed by atoms with van der Waals surface area (Å²) in [5.74, 6) is -1.71. The zero-order valence-electron chi connectivity index (χ0n) is 14.1. The summed E-state index contributed by atoms with van der Waals surface area (Å²) in [6.07, 6.45) is 0. The number of aryl methyl sites for hydroxylation is 2. The van der Waals surface area contributed by atoms with Crippen molar-refractivity contribution in [2.75, 3.05) is 0 Å². The molecule has 2 aromatic rings. The molecule has 1 atom stereocenters. The van der Waals surface area contributed by atoms with E-state index in [1.54, 1.807) is 12.1 Å². The molecule has 4 rings (SSSR count). The van der Waals surface area contributed by atoms with Crippen LogP contribution in [0.25, 0.3) is 0 Å². The van der Waals surface area contributed by atoms with Crippen LogP contribution >= 0.6 is 0 Å². The van der Waals surface area contributed by atoms with E-state index in [2.05, 4.69) is 13.8 Å². The Labute approximate surface area is 140 Å². The summed E-state index contributed by atoms with van der Waals surface area (Å²) in [5.41, 5.74) is 4.40. The molecule has 0 N–H and O–H groups in total. The highest BCUT2D eigenvalue weighted by atomic mass is 16.7. The molecule has 0 radical (unpaired) electrons. The summed E-state index contributed by atoms with van der Waals surface area (Å²) in [4.78, 5) is 25.3. The van der Waals surface area contributed by atoms with Gasteiger partial charge in [0.1, 0.15) is 5.75 Å². The van der Waals surface area contributed by atoms with E-state index in [-0.39, 0.29) is 5.78 Å². The van der Waals surface area contributed by atoms with E-state index in [0.717, 1.165) is 16.7 Å². The quantitative estimate of drug-likeness (QED) is 0.744. The third-order valence-electron chi connectivity index (χ3n) is 4.91. The van der Waals surface area contributed by atoms with Crippen molar-refractivity contribution < 1.29 is 19.1 Å². The number of ketones is 1. The number of ether oxygens (including phenoxy) is 2. The molecule has 2 aliphatic heterocycles. The number of benzene rings is 2. The van der Waals surface area contributed by atoms with Crippen molar-refractivity contribution in [1.29, 1.82) is 0 Å². The van der Waals surface area contributed by atoms with Crippen LogP contribution in [0.15, 0.2) is 30.3 Å². The maximum absolute atomic E-state index is 13.0. The van der Waals surface area contributed by atoms with Gasteiger partial charge in [-0.25, -0.2) is 4.79 Å². The minimum absolute atomic E-state index is 0.314. The number of rotatable bonds is 1. The van der Waals surface area contributed by atoms with Crippen LogP contribution in [0.3, 0.4) is 0 Å². The highest BCUT2D eigenvalue weighted by Crippen LogP contribution is 2.48. The topological polar surface area (TPSA) is 52.6 Å². The summed E-state index contributed by atoms with van der Waals surface area (Å²) >= 11 is 0. The van der Waals surface area contributed by atoms with Gasteiger partial charge in [0.25, 0.3) is 5.78 Å². The fraction of sp³-hybridized carbons (Fsp3) is 0.300. The van der Waals surface area contributed by atoms with E-state index in [9.17, 15) is 9.59 Å². The molecule has 0 saturated heterocycles. The van der Waals surface area contributed by atoms with E-state index in [0.29, 0.717) is 28.4 Å². The number of carbonyl (C=O) groups is 2. The maximum atomic E-state index is 13.0. The number of hydrogen-bond acceptors (Lipinski definition) is 4. The summed E-state index contributed by atoms with van der Waals surface area (Å²) in [6, 6.07) is 9.12. The summed E-state index contributed by atoms with van der Waals surface area (Å²) < 4.78 is 11.4. The molecule has 1 unspecified atom stereocenters. The molecule has 0 fully saturated rings. The molecule has 1 spiro atoms. The van der Waals surface area contributed by atoms with Gasteiger partial charge in [-0.3, -0.25) is 4.79 Å². The predicted molar refractivity (Wildman–Crippen MR) is 88.5 cm³/mol. The average Bonchev–Trinajstić information content (AvgIpc) is 2.96. The van der Waals surface area contributed by atoms with E-state index in [1.807, 2.05) is 32.0 Å². The van der Waals surface area contributed by atoms with Gasteiger partial charge in [-0.15, -0.1) is 0 Å². The van der Waals surface area contributed by atoms with E-state index < -0.39 is 11.8 Å². The van der Waals surface area contributed by atoms with Crippen LogP contribution in [0.4, 0.5) is 0 Å². The van der Waals surface area contributed by atoms with Crippen LogP contribution in [0, 0.1) is 13.8 Å². The smallest absolute Gasteiger partial charge is 0.347 e. The number of esters is 1. The van der Waals surface area contributed by atoms with Crippen LogP contribution in [0.5, 0.6) is 5.75 Å². The van der Waals surface area contributed by atoms with Gasteiger partial charge in [0.2, 0.25) is 0 Å². The lowest BCUT2D eigenvalue weighted by atomic mass is 9.92. The van der Waals surface area contributed by atoms with Gasteiger partial charge in [-0.2, -0.15) is 0 Å². The number of Topliss-reactive ketones (excluding diaryl/α,β-unsaturated/α-hetero) is 1. The Morgan fingerprint density at radius 1 is 0.917 bits per heavy atom. The second-order valence-corrected chi connectivity index (χ2v) is 6.83. The Hall–Kier alpha value is -2.62. The van der Waals surface area contributed by atoms with Crippen LogP contribution in [0.1, 0.15) is 62.7 Å². The Balaban J connectivity index is 1.89. The molecule has 122 valence electrons. The first kappa shape index (κ1) is 14.9. The molecule has 0 aromatic heterocycles. The van der Waals surface area contributed by atoms with Crippen molar-refractivity contribution in [2.45, 2.75) is 39.4 Å². The first-order chi connectivity index (χ1) is 11.3. The molecule has 4 heteroatoms. The minimum atomic E-state index is -1.66. The van der Waals surface area contributed by atoms with Crippen molar-refractivity contribution in [3.63, 3.8) is 0 Å². The molecular weight excluding hydrogens is 304 g/mol. The second-order valence-electron chi connectivity index (χ2n) is 6.83. The van der Waals surface area contributed by atoms with Gasteiger partial charge in [0.05, 0.1) is 16.7 Å². The maximum Gasteiger partial charge on any atom is 0.347 e. The Bertz CT molecular complexity index is 910. The lowest BCUT2D eigenvalue weighted by molar-refractivity contribution is -0.0979. The standard InChI is InChI=1S/C20H18O4/c1-10(2)13-5-6-14-17(9-13)23-20(18(14)21)16-8-12(4)11(3)7-15(16)19(22)24-20/h5-10H,1-4H3. The molecule has 0 amide bonds. The van der Waals surface area contributed by atoms with E-state index in [1.165, 1.54) is 0 Å². The van der Waals surface area contributed by atoms with Crippen molar-refractivity contribution >= 4 is 11.8 Å². The van der Waals surface area contributed by atoms with Crippen molar-refractivity contribution in [2.24, 2.45) is 0 Å². The summed E-state index contributed by atoms with van der Waals surface area (Å²) in [5, 5.41) is 0. The minimum Gasteiger partial charge on any atom is -0.441 e. The molecule has 0 aliphatic carbocycles. The molecule has 4 nitrogen and oxygen atoms in total. The van der Waals surface area contributed by atoms with Crippen molar-refractivity contribution in [1.82, 2.24) is 0 Å². The van der Waals surface area contributed by atoms with Crippen LogP contribution in [-0.2, 0) is 10.5 Å². The van der Waals surface area contributed by atoms with Gasteiger partial charge < -0.3 is 9.47 Å². The van der Waals surface area contributed by atoms with Gasteiger partial charge in [-0.1, -0.05) is 19.9 Å². The molecule has 2 aliphatic rings. The normalized spacial score (nSPS) is 21.0. The summed E-state index contributed by atoms with van der Waals surface area (Å²) in [7, 11) is 0. The highest BCUT2D eigenvalue weighted by Gasteiger charge is 2.59. The van der Waals surface area contributed by atoms with Crippen LogP contribution in [-0.4, -0.2) is 11.8 Å². The van der Waals surface area contributed by atoms with Gasteiger partial charge >= 0.3 is 11.8 Å². The lowest BCUT2D eigenvalue weighted by Crippen LogP contribution is -2.37. The number of hydrogen-bond donors (Lipinski definition) is 0. The van der Waals surface area contributed by atoms with Gasteiger partial charge in [0.15, 0.2) is 0 Å². The number of fused-ring (bicyclic) bond motifs is 3. The predicted octanol–water partition coefficient (Wildman–Crippen LogP) is 4.03. The zero-order chi connectivity index (χ0) is 17.2. The molecule has 2 heterocycles. The average molecular weight is 322 g/mol. The van der Waals surface area contributed by atoms with Crippen molar-refractivity contribution in [3.8, 4) is 5.75 Å². The molecule has 0 saturated carbocycles. The number of carbonyl (C=O) groups excluding carboxylic acids is 2. The second kappa shape index (κ2) is 4.69. The Kier molecular flexibility index (Phi) is 2.92. The van der Waals surface area contributed by atoms with Crippen LogP contribution < -0.4 is 4.74 Å². The van der Waals surface area contributed by atoms with E-state index >= 15 is 0 Å². The fourth-order valence-corrected chi connectivity index (χ4v) is 3.29. The lowest BCUT2D eigenvalue weighted by Gasteiger charge is -2.21. The molecule has 2 aromatic carbocycles. The molecule has 0 bridgehead atoms. The van der Waals surface area contributed by atoms with E-state index in [4.69, 9.17) is 9.47 Å². The first-order valence-corrected chi connectivity index (χ1v) is 8.06. The molecule has 24 heavy (non-hydrogen) atoms. The Morgan fingerprint density at radius 3 is 2.33 bits per heavy atom. The first-order valence-electron chi connectivity index (χ1n) is 8.06. The fourth-order valence-electron chi connectivity index (χ4n) is 3.29. The SMILES string of the molecule is Cc1cc2c(cc1C)C1(OC2=O)Oc2cc(C(C)C)ccc2C1=O. The van der Waals surface area contributed by atoms with Gasteiger partial charge in [0, 0.05) is 0 Å². The van der Waals surface area contributed by atoms with Crippen LogP contribution in [0.2, 0.25) is 0 Å². The summed E-state index contributed by atoms with van der Waals surface area (Å²) in [6.45, 7) is 8.01. The monoisotopic (exact) mass is 322 g/mol. The van der Waals surface area contributed by atoms with Crippen molar-refractivity contribution in [3.05, 3.63) is 63.7 Å².